The van der Waals surface area contributed by atoms with E-state index in [-0.39, 0.29) is 17.6 Å². The van der Waals surface area contributed by atoms with Crippen LogP contribution in [0.15, 0.2) is 45.5 Å². The Kier molecular flexibility index (Phi) is 4.95. The number of carbonyl (C=O) groups excluding carboxylic acids is 2. The predicted molar refractivity (Wildman–Crippen MR) is 98.2 cm³/mol. The van der Waals surface area contributed by atoms with Crippen molar-refractivity contribution in [2.24, 2.45) is 0 Å². The van der Waals surface area contributed by atoms with Crippen LogP contribution in [0.4, 0.5) is 10.8 Å². The third-order valence-corrected chi connectivity index (χ3v) is 4.53. The number of benzene rings is 1. The molecule has 128 valence electrons. The molecule has 25 heavy (non-hydrogen) atoms. The summed E-state index contributed by atoms with van der Waals surface area (Å²) in [4.78, 5) is 26.5. The van der Waals surface area contributed by atoms with Crippen LogP contribution in [0.25, 0.3) is 0 Å². The van der Waals surface area contributed by atoms with Gasteiger partial charge in [0.05, 0.1) is 11.3 Å². The lowest BCUT2D eigenvalue weighted by Crippen LogP contribution is -2.28. The van der Waals surface area contributed by atoms with E-state index in [1.54, 1.807) is 50.4 Å². The molecule has 1 aromatic carbocycles. The first kappa shape index (κ1) is 17.3. The molecule has 0 bridgehead atoms. The molecule has 2 heterocycles. The van der Waals surface area contributed by atoms with Gasteiger partial charge in [-0.3, -0.25) is 14.9 Å². The molecule has 1 N–H and O–H groups in total. The first-order valence-electron chi connectivity index (χ1n) is 7.19. The highest BCUT2D eigenvalue weighted by Gasteiger charge is 2.22. The fraction of sp³-hybridized carbons (Fsp3) is 0.125. The number of halogens is 1. The minimum atomic E-state index is -0.368. The first-order chi connectivity index (χ1) is 12.0. The van der Waals surface area contributed by atoms with Gasteiger partial charge in [-0.2, -0.15) is 0 Å². The van der Waals surface area contributed by atoms with E-state index < -0.39 is 0 Å². The molecule has 9 heteroatoms. The van der Waals surface area contributed by atoms with Gasteiger partial charge in [-0.25, -0.2) is 0 Å². The van der Waals surface area contributed by atoms with Crippen molar-refractivity contribution >= 4 is 49.9 Å². The summed E-state index contributed by atoms with van der Waals surface area (Å²) in [5.74, 6) is -0.561. The number of nitrogens with zero attached hydrogens (tertiary/aromatic N) is 3. The van der Waals surface area contributed by atoms with Crippen molar-refractivity contribution in [1.82, 2.24) is 10.2 Å². The minimum absolute atomic E-state index is 0.171. The maximum atomic E-state index is 12.6. The molecule has 0 unspecified atom stereocenters. The third kappa shape index (κ3) is 3.77. The van der Waals surface area contributed by atoms with Crippen LogP contribution in [0.5, 0.6) is 0 Å². The van der Waals surface area contributed by atoms with Gasteiger partial charge in [0.15, 0.2) is 10.4 Å². The summed E-state index contributed by atoms with van der Waals surface area (Å²) in [5.41, 5.74) is 0.801. The summed E-state index contributed by atoms with van der Waals surface area (Å²) in [6.07, 6.45) is 0. The van der Waals surface area contributed by atoms with Gasteiger partial charge in [0.1, 0.15) is 5.01 Å². The first-order valence-corrected chi connectivity index (χ1v) is 8.80. The van der Waals surface area contributed by atoms with Crippen LogP contribution >= 0.6 is 27.3 Å². The summed E-state index contributed by atoms with van der Waals surface area (Å²) in [7, 11) is 1.58. The molecule has 3 aromatic rings. The topological polar surface area (TPSA) is 88.3 Å². The zero-order valence-electron chi connectivity index (χ0n) is 13.3. The Morgan fingerprint density at radius 1 is 1.20 bits per heavy atom. The molecule has 0 aliphatic carbocycles. The predicted octanol–water partition coefficient (Wildman–Crippen LogP) is 3.73. The van der Waals surface area contributed by atoms with E-state index in [9.17, 15) is 9.59 Å². The lowest BCUT2D eigenvalue weighted by molar-refractivity contribution is 0.0965. The average molecular weight is 421 g/mol. The second-order valence-electron chi connectivity index (χ2n) is 5.07. The van der Waals surface area contributed by atoms with Gasteiger partial charge in [0.25, 0.3) is 11.8 Å². The maximum Gasteiger partial charge on any atom is 0.293 e. The van der Waals surface area contributed by atoms with Gasteiger partial charge in [-0.05, 0) is 47.1 Å². The number of aryl methyl sites for hydroxylation is 1. The number of furan rings is 1. The van der Waals surface area contributed by atoms with Crippen LogP contribution in [-0.4, -0.2) is 29.1 Å². The molecule has 0 fully saturated rings. The Hall–Kier alpha value is -2.52. The summed E-state index contributed by atoms with van der Waals surface area (Å²) in [6.45, 7) is 1.80. The van der Waals surface area contributed by atoms with Crippen LogP contribution in [0.3, 0.4) is 0 Å². The van der Waals surface area contributed by atoms with E-state index in [1.165, 1.54) is 16.2 Å². The van der Waals surface area contributed by atoms with Crippen molar-refractivity contribution in [2.75, 3.05) is 17.3 Å². The van der Waals surface area contributed by atoms with Crippen LogP contribution in [0.2, 0.25) is 0 Å². The second-order valence-corrected chi connectivity index (χ2v) is 7.03. The quantitative estimate of drug-likeness (QED) is 0.694. The standard InChI is InChI=1S/C16H13BrN4O3S/c1-9-19-20-16(25-9)18-14(22)10-5-3-4-6-11(10)21(2)15(23)12-7-8-13(17)24-12/h3-8H,1-2H3,(H,18,20,22). The molecule has 2 amide bonds. The Balaban J connectivity index is 1.87. The van der Waals surface area contributed by atoms with Gasteiger partial charge >= 0.3 is 0 Å². The van der Waals surface area contributed by atoms with E-state index in [1.807, 2.05) is 0 Å². The number of hydrogen-bond donors (Lipinski definition) is 1. The molecule has 0 aliphatic rings. The van der Waals surface area contributed by atoms with E-state index in [0.29, 0.717) is 21.1 Å². The Morgan fingerprint density at radius 3 is 2.60 bits per heavy atom. The Morgan fingerprint density at radius 2 is 1.96 bits per heavy atom. The molecule has 0 radical (unpaired) electrons. The van der Waals surface area contributed by atoms with Crippen LogP contribution in [0, 0.1) is 6.92 Å². The van der Waals surface area contributed by atoms with Crippen LogP contribution < -0.4 is 10.2 Å². The number of aromatic nitrogens is 2. The second kappa shape index (κ2) is 7.16. The minimum Gasteiger partial charge on any atom is -0.444 e. The zero-order valence-corrected chi connectivity index (χ0v) is 15.7. The van der Waals surface area contributed by atoms with Gasteiger partial charge in [-0.1, -0.05) is 23.5 Å². The highest BCUT2D eigenvalue weighted by molar-refractivity contribution is 9.10. The normalized spacial score (nSPS) is 10.5. The molecular formula is C16H13BrN4O3S. The lowest BCUT2D eigenvalue weighted by atomic mass is 10.1. The number of hydrogen-bond acceptors (Lipinski definition) is 6. The van der Waals surface area contributed by atoms with E-state index >= 15 is 0 Å². The SMILES string of the molecule is Cc1nnc(NC(=O)c2ccccc2N(C)C(=O)c2ccc(Br)o2)s1. The maximum absolute atomic E-state index is 12.6. The largest absolute Gasteiger partial charge is 0.444 e. The molecule has 2 aromatic heterocycles. The van der Waals surface area contributed by atoms with E-state index in [2.05, 4.69) is 31.4 Å². The number of para-hydroxylation sites is 1. The van der Waals surface area contributed by atoms with Gasteiger partial charge < -0.3 is 9.32 Å². The number of anilines is 2. The monoisotopic (exact) mass is 420 g/mol. The smallest absolute Gasteiger partial charge is 0.293 e. The molecule has 0 aliphatic heterocycles. The summed E-state index contributed by atoms with van der Waals surface area (Å²) in [5, 5.41) is 11.6. The van der Waals surface area contributed by atoms with E-state index in [4.69, 9.17) is 4.42 Å². The molecule has 3 rings (SSSR count). The third-order valence-electron chi connectivity index (χ3n) is 3.35. The lowest BCUT2D eigenvalue weighted by Gasteiger charge is -2.19. The summed E-state index contributed by atoms with van der Waals surface area (Å²) in [6, 6.07) is 10.0. The van der Waals surface area contributed by atoms with Crippen molar-refractivity contribution in [3.8, 4) is 0 Å². The highest BCUT2D eigenvalue weighted by Crippen LogP contribution is 2.24. The summed E-state index contributed by atoms with van der Waals surface area (Å²) >= 11 is 4.45. The fourth-order valence-electron chi connectivity index (χ4n) is 2.17. The Labute approximate surface area is 155 Å². The number of carbonyl (C=O) groups is 2. The zero-order chi connectivity index (χ0) is 18.0. The van der Waals surface area contributed by atoms with Gasteiger partial charge in [-0.15, -0.1) is 10.2 Å². The van der Waals surface area contributed by atoms with Crippen molar-refractivity contribution in [3.63, 3.8) is 0 Å². The average Bonchev–Trinajstić information content (AvgIpc) is 3.21. The molecule has 0 saturated carbocycles. The van der Waals surface area contributed by atoms with Gasteiger partial charge in [0.2, 0.25) is 5.13 Å². The Bertz CT molecular complexity index is 937. The molecule has 0 saturated heterocycles. The summed E-state index contributed by atoms with van der Waals surface area (Å²) < 4.78 is 5.76. The van der Waals surface area contributed by atoms with E-state index in [0.717, 1.165) is 5.01 Å². The van der Waals surface area contributed by atoms with Crippen molar-refractivity contribution in [3.05, 3.63) is 57.4 Å². The molecule has 7 nitrogen and oxygen atoms in total. The molecule has 0 spiro atoms. The van der Waals surface area contributed by atoms with Crippen molar-refractivity contribution in [2.45, 2.75) is 6.92 Å². The molecular weight excluding hydrogens is 408 g/mol. The molecule has 0 atom stereocenters. The highest BCUT2D eigenvalue weighted by atomic mass is 79.9. The number of rotatable bonds is 4. The van der Waals surface area contributed by atoms with Crippen LogP contribution in [0.1, 0.15) is 25.9 Å². The number of amides is 2. The van der Waals surface area contributed by atoms with Gasteiger partial charge in [0, 0.05) is 7.05 Å². The number of nitrogens with one attached hydrogen (secondary N) is 1. The van der Waals surface area contributed by atoms with Crippen molar-refractivity contribution < 1.29 is 14.0 Å². The van der Waals surface area contributed by atoms with Crippen molar-refractivity contribution in [1.29, 1.82) is 0 Å². The van der Waals surface area contributed by atoms with Crippen LogP contribution in [-0.2, 0) is 0 Å². The fourth-order valence-corrected chi connectivity index (χ4v) is 3.07.